The van der Waals surface area contributed by atoms with E-state index >= 15 is 0 Å². The number of carbonyl (C=O) groups excluding carboxylic acids is 1. The normalized spacial score (nSPS) is 10.0. The summed E-state index contributed by atoms with van der Waals surface area (Å²) in [5.74, 6) is 0.00593. The first-order valence-electron chi connectivity index (χ1n) is 6.37. The van der Waals surface area contributed by atoms with Crippen molar-refractivity contribution in [1.82, 2.24) is 4.98 Å². The lowest BCUT2D eigenvalue weighted by Crippen LogP contribution is -2.13. The average Bonchev–Trinajstić information content (AvgIpc) is 2.84. The molecule has 0 aliphatic heterocycles. The summed E-state index contributed by atoms with van der Waals surface area (Å²) in [6.45, 7) is 2.52. The van der Waals surface area contributed by atoms with Gasteiger partial charge < -0.3 is 11.1 Å². The van der Waals surface area contributed by atoms with Gasteiger partial charge in [-0.2, -0.15) is 0 Å². The van der Waals surface area contributed by atoms with Gasteiger partial charge in [0.1, 0.15) is 0 Å². The molecule has 0 radical (unpaired) electrons. The molecule has 1 aromatic heterocycles. The summed E-state index contributed by atoms with van der Waals surface area (Å²) >= 11 is 3.27. The predicted octanol–water partition coefficient (Wildman–Crippen LogP) is 3.70. The van der Waals surface area contributed by atoms with Gasteiger partial charge in [-0.05, 0) is 44.2 Å². The molecule has 0 saturated heterocycles. The lowest BCUT2D eigenvalue weighted by molar-refractivity contribution is -0.116. The van der Waals surface area contributed by atoms with Gasteiger partial charge in [0.15, 0.2) is 4.34 Å². The number of benzene rings is 1. The number of thiazole rings is 1. The minimum atomic E-state index is 0. The van der Waals surface area contributed by atoms with Crippen LogP contribution in [0.2, 0.25) is 0 Å². The highest BCUT2D eigenvalue weighted by Crippen LogP contribution is 2.30. The Morgan fingerprint density at radius 3 is 2.67 bits per heavy atom. The minimum absolute atomic E-state index is 0. The van der Waals surface area contributed by atoms with E-state index in [0.29, 0.717) is 19.4 Å². The minimum Gasteiger partial charge on any atom is -0.330 e. The van der Waals surface area contributed by atoms with E-state index in [9.17, 15) is 4.79 Å². The molecule has 0 bridgehead atoms. The second kappa shape index (κ2) is 9.04. The van der Waals surface area contributed by atoms with Crippen molar-refractivity contribution in [2.24, 2.45) is 5.73 Å². The third kappa shape index (κ3) is 6.05. The van der Waals surface area contributed by atoms with Gasteiger partial charge >= 0.3 is 0 Å². The van der Waals surface area contributed by atoms with Gasteiger partial charge in [0.05, 0.1) is 0 Å². The van der Waals surface area contributed by atoms with Gasteiger partial charge in [0.25, 0.3) is 0 Å². The van der Waals surface area contributed by atoms with Crippen LogP contribution in [-0.2, 0) is 4.79 Å². The molecule has 0 aliphatic rings. The molecular formula is C14H18ClN3OS2. The topological polar surface area (TPSA) is 68.0 Å². The van der Waals surface area contributed by atoms with Crippen LogP contribution < -0.4 is 11.1 Å². The summed E-state index contributed by atoms with van der Waals surface area (Å²) in [7, 11) is 0. The quantitative estimate of drug-likeness (QED) is 0.839. The number of rotatable bonds is 6. The number of hydrogen-bond acceptors (Lipinski definition) is 5. The number of aryl methyl sites for hydroxylation is 1. The Hall–Kier alpha value is -1.08. The molecule has 1 aromatic carbocycles. The SMILES string of the molecule is Cc1csc(Sc2ccc(NC(=O)CCCN)cc2)n1.Cl. The first-order valence-corrected chi connectivity index (χ1v) is 8.07. The maximum Gasteiger partial charge on any atom is 0.224 e. The number of halogens is 1. The van der Waals surface area contributed by atoms with Crippen LogP contribution in [0.3, 0.4) is 0 Å². The maximum absolute atomic E-state index is 11.6. The first-order chi connectivity index (χ1) is 9.67. The number of hydrogen-bond donors (Lipinski definition) is 2. The standard InChI is InChI=1S/C14H17N3OS2.ClH/c1-10-9-19-14(16-10)20-12-6-4-11(5-7-12)17-13(18)3-2-8-15;/h4-7,9H,2-3,8,15H2,1H3,(H,17,18);1H. The second-order valence-electron chi connectivity index (χ2n) is 4.32. The van der Waals surface area contributed by atoms with Crippen LogP contribution in [0.15, 0.2) is 38.9 Å². The molecule has 2 rings (SSSR count). The molecule has 1 heterocycles. The van der Waals surface area contributed by atoms with Crippen molar-refractivity contribution in [2.75, 3.05) is 11.9 Å². The summed E-state index contributed by atoms with van der Waals surface area (Å²) < 4.78 is 1.03. The average molecular weight is 344 g/mol. The number of nitrogens with zero attached hydrogens (tertiary/aromatic N) is 1. The highest BCUT2D eigenvalue weighted by molar-refractivity contribution is 8.01. The van der Waals surface area contributed by atoms with E-state index in [2.05, 4.69) is 10.3 Å². The Kier molecular flexibility index (Phi) is 7.74. The summed E-state index contributed by atoms with van der Waals surface area (Å²) in [4.78, 5) is 17.1. The van der Waals surface area contributed by atoms with Crippen LogP contribution in [0.1, 0.15) is 18.5 Å². The Balaban J connectivity index is 0.00000220. The number of nitrogens with two attached hydrogens (primary N) is 1. The zero-order valence-corrected chi connectivity index (χ0v) is 14.1. The third-order valence-corrected chi connectivity index (χ3v) is 4.61. The summed E-state index contributed by atoms with van der Waals surface area (Å²) in [5.41, 5.74) is 7.23. The highest BCUT2D eigenvalue weighted by Gasteiger charge is 2.04. The molecule has 114 valence electrons. The molecule has 2 aromatic rings. The predicted molar refractivity (Wildman–Crippen MR) is 91.6 cm³/mol. The van der Waals surface area contributed by atoms with Crippen LogP contribution in [0.25, 0.3) is 0 Å². The van der Waals surface area contributed by atoms with Crippen molar-refractivity contribution in [3.63, 3.8) is 0 Å². The molecule has 4 nitrogen and oxygen atoms in total. The van der Waals surface area contributed by atoms with Crippen LogP contribution in [0.4, 0.5) is 5.69 Å². The van der Waals surface area contributed by atoms with Gasteiger partial charge in [-0.25, -0.2) is 4.98 Å². The van der Waals surface area contributed by atoms with E-state index in [0.717, 1.165) is 20.6 Å². The molecule has 21 heavy (non-hydrogen) atoms. The van der Waals surface area contributed by atoms with Crippen LogP contribution >= 0.6 is 35.5 Å². The van der Waals surface area contributed by atoms with E-state index in [-0.39, 0.29) is 18.3 Å². The highest BCUT2D eigenvalue weighted by atomic mass is 35.5. The molecule has 0 aliphatic carbocycles. The van der Waals surface area contributed by atoms with Gasteiger partial charge in [0.2, 0.25) is 5.91 Å². The molecule has 0 unspecified atom stereocenters. The van der Waals surface area contributed by atoms with Crippen molar-refractivity contribution in [2.45, 2.75) is 29.0 Å². The molecule has 3 N–H and O–H groups in total. The first kappa shape index (κ1) is 18.0. The van der Waals surface area contributed by atoms with Crippen molar-refractivity contribution in [3.05, 3.63) is 35.3 Å². The monoisotopic (exact) mass is 343 g/mol. The van der Waals surface area contributed by atoms with Crippen LogP contribution in [0.5, 0.6) is 0 Å². The summed E-state index contributed by atoms with van der Waals surface area (Å²) in [6, 6.07) is 7.78. The Bertz CT molecular complexity index is 572. The number of nitrogens with one attached hydrogen (secondary N) is 1. The van der Waals surface area contributed by atoms with E-state index < -0.39 is 0 Å². The molecule has 1 amide bonds. The summed E-state index contributed by atoms with van der Waals surface area (Å²) in [5, 5.41) is 4.89. The number of aromatic nitrogens is 1. The van der Waals surface area contributed by atoms with E-state index in [1.165, 1.54) is 0 Å². The lowest BCUT2D eigenvalue weighted by atomic mass is 10.2. The number of carbonyl (C=O) groups is 1. The van der Waals surface area contributed by atoms with Crippen molar-refractivity contribution in [3.8, 4) is 0 Å². The molecule has 0 fully saturated rings. The van der Waals surface area contributed by atoms with Crippen molar-refractivity contribution < 1.29 is 4.79 Å². The van der Waals surface area contributed by atoms with Gasteiger partial charge in [-0.3, -0.25) is 4.79 Å². The van der Waals surface area contributed by atoms with Gasteiger partial charge in [-0.1, -0.05) is 11.8 Å². The van der Waals surface area contributed by atoms with Crippen molar-refractivity contribution >= 4 is 47.1 Å². The van der Waals surface area contributed by atoms with Gasteiger partial charge in [-0.15, -0.1) is 23.7 Å². The molecule has 7 heteroatoms. The third-order valence-electron chi connectivity index (χ3n) is 2.55. The van der Waals surface area contributed by atoms with Crippen LogP contribution in [-0.4, -0.2) is 17.4 Å². The van der Waals surface area contributed by atoms with Gasteiger partial charge in [0, 0.05) is 28.1 Å². The molecular weight excluding hydrogens is 326 g/mol. The van der Waals surface area contributed by atoms with Crippen LogP contribution in [0, 0.1) is 6.92 Å². The Morgan fingerprint density at radius 2 is 2.10 bits per heavy atom. The largest absolute Gasteiger partial charge is 0.330 e. The Labute approximate surface area is 139 Å². The van der Waals surface area contributed by atoms with E-state index in [1.807, 2.05) is 36.6 Å². The van der Waals surface area contributed by atoms with E-state index in [4.69, 9.17) is 5.73 Å². The fraction of sp³-hybridized carbons (Fsp3) is 0.286. The lowest BCUT2D eigenvalue weighted by Gasteiger charge is -2.05. The zero-order chi connectivity index (χ0) is 14.4. The molecule has 0 spiro atoms. The van der Waals surface area contributed by atoms with Crippen molar-refractivity contribution in [1.29, 1.82) is 0 Å². The molecule has 0 atom stereocenters. The number of anilines is 1. The maximum atomic E-state index is 11.6. The zero-order valence-electron chi connectivity index (χ0n) is 11.7. The Morgan fingerprint density at radius 1 is 1.38 bits per heavy atom. The number of amides is 1. The molecule has 0 saturated carbocycles. The summed E-state index contributed by atoms with van der Waals surface area (Å²) in [6.07, 6.45) is 1.18. The van der Waals surface area contributed by atoms with E-state index in [1.54, 1.807) is 23.1 Å². The fourth-order valence-corrected chi connectivity index (χ4v) is 3.38. The second-order valence-corrected chi connectivity index (χ2v) is 6.50. The smallest absolute Gasteiger partial charge is 0.224 e. The fourth-order valence-electron chi connectivity index (χ4n) is 1.57.